The van der Waals surface area contributed by atoms with E-state index in [1.165, 1.54) is 0 Å². The molecule has 0 aromatic heterocycles. The van der Waals surface area contributed by atoms with Gasteiger partial charge in [-0.15, -0.1) is 0 Å². The van der Waals surface area contributed by atoms with Crippen LogP contribution >= 0.6 is 0 Å². The van der Waals surface area contributed by atoms with Crippen LogP contribution in [0.2, 0.25) is 0 Å². The van der Waals surface area contributed by atoms with E-state index in [1.807, 2.05) is 0 Å². The van der Waals surface area contributed by atoms with E-state index in [9.17, 15) is 9.90 Å². The van der Waals surface area contributed by atoms with Crippen LogP contribution in [0.15, 0.2) is 30.3 Å². The smallest absolute Gasteiger partial charge is 0.332 e. The number of carboxylic acids is 1. The Labute approximate surface area is 81.4 Å². The van der Waals surface area contributed by atoms with E-state index >= 15 is 0 Å². The summed E-state index contributed by atoms with van der Waals surface area (Å²) in [5.74, 6) is -1.32. The molecule has 0 saturated heterocycles. The average molecular weight is 196 g/mol. The summed E-state index contributed by atoms with van der Waals surface area (Å²) in [7, 11) is 0. The molecule has 1 aromatic rings. The molecule has 0 aliphatic heterocycles. The van der Waals surface area contributed by atoms with E-state index in [2.05, 4.69) is 0 Å². The third-order valence-electron chi connectivity index (χ3n) is 1.92. The molecule has 14 heavy (non-hydrogen) atoms. The summed E-state index contributed by atoms with van der Waals surface area (Å²) in [6.07, 6.45) is -2.66. The van der Waals surface area contributed by atoms with Crippen molar-refractivity contribution in [1.29, 1.82) is 0 Å². The lowest BCUT2D eigenvalue weighted by atomic mass is 10.0. The lowest BCUT2D eigenvalue weighted by Crippen LogP contribution is -2.22. The Bertz CT molecular complexity index is 296. The van der Waals surface area contributed by atoms with Gasteiger partial charge in [-0.05, 0) is 5.56 Å². The monoisotopic (exact) mass is 196 g/mol. The molecule has 0 heterocycles. The second kappa shape index (κ2) is 4.74. The lowest BCUT2D eigenvalue weighted by Gasteiger charge is -2.12. The molecule has 0 bridgehead atoms. The number of hydrogen-bond acceptors (Lipinski definition) is 3. The molecule has 0 spiro atoms. The number of aliphatic carboxylic acids is 1. The van der Waals surface area contributed by atoms with Gasteiger partial charge in [-0.2, -0.15) is 0 Å². The minimum atomic E-state index is -1.52. The van der Waals surface area contributed by atoms with Crippen molar-refractivity contribution in [1.82, 2.24) is 0 Å². The zero-order valence-electron chi connectivity index (χ0n) is 7.50. The van der Waals surface area contributed by atoms with Crippen LogP contribution < -0.4 is 0 Å². The number of benzene rings is 1. The minimum absolute atomic E-state index is 0.195. The third kappa shape index (κ3) is 2.83. The maximum Gasteiger partial charge on any atom is 0.332 e. The van der Waals surface area contributed by atoms with Crippen LogP contribution in [0.25, 0.3) is 0 Å². The van der Waals surface area contributed by atoms with Gasteiger partial charge in [-0.3, -0.25) is 0 Å². The van der Waals surface area contributed by atoms with E-state index in [-0.39, 0.29) is 6.42 Å². The van der Waals surface area contributed by atoms with Gasteiger partial charge in [0.05, 0.1) is 6.10 Å². The zero-order valence-corrected chi connectivity index (χ0v) is 7.50. The van der Waals surface area contributed by atoms with Crippen LogP contribution in [-0.4, -0.2) is 27.4 Å². The Hall–Kier alpha value is -1.39. The molecule has 3 N–H and O–H groups in total. The van der Waals surface area contributed by atoms with Crippen molar-refractivity contribution >= 4 is 5.97 Å². The fourth-order valence-electron chi connectivity index (χ4n) is 1.12. The van der Waals surface area contributed by atoms with Crippen LogP contribution in [0.3, 0.4) is 0 Å². The van der Waals surface area contributed by atoms with Crippen LogP contribution in [0.1, 0.15) is 18.1 Å². The molecule has 76 valence electrons. The maximum atomic E-state index is 10.3. The molecule has 1 rings (SSSR count). The molecule has 0 amide bonds. The number of carboxylic acid groups (broad SMARTS) is 1. The Morgan fingerprint density at radius 2 is 1.79 bits per heavy atom. The Kier molecular flexibility index (Phi) is 3.62. The second-order valence-corrected chi connectivity index (χ2v) is 3.02. The summed E-state index contributed by atoms with van der Waals surface area (Å²) in [6, 6.07) is 8.64. The summed E-state index contributed by atoms with van der Waals surface area (Å²) >= 11 is 0. The molecule has 0 saturated carbocycles. The number of aliphatic hydroxyl groups excluding tert-OH is 2. The molecule has 0 aliphatic rings. The molecule has 0 radical (unpaired) electrons. The third-order valence-corrected chi connectivity index (χ3v) is 1.92. The quantitative estimate of drug-likeness (QED) is 0.657. The van der Waals surface area contributed by atoms with Crippen molar-refractivity contribution in [2.24, 2.45) is 0 Å². The largest absolute Gasteiger partial charge is 0.479 e. The van der Waals surface area contributed by atoms with Crippen molar-refractivity contribution < 1.29 is 20.1 Å². The van der Waals surface area contributed by atoms with E-state index in [1.54, 1.807) is 30.3 Å². The summed E-state index contributed by atoms with van der Waals surface area (Å²) in [5.41, 5.74) is 0.604. The van der Waals surface area contributed by atoms with E-state index in [0.29, 0.717) is 5.56 Å². The second-order valence-electron chi connectivity index (χ2n) is 3.02. The predicted octanol–water partition coefficient (Wildman–Crippen LogP) is 0.556. The normalized spacial score (nSPS) is 14.7. The average Bonchev–Trinajstić information content (AvgIpc) is 2.19. The number of hydrogen-bond donors (Lipinski definition) is 3. The summed E-state index contributed by atoms with van der Waals surface area (Å²) in [4.78, 5) is 10.3. The van der Waals surface area contributed by atoms with Gasteiger partial charge in [0.1, 0.15) is 0 Å². The number of carbonyl (C=O) groups is 1. The molecular weight excluding hydrogens is 184 g/mol. The Balaban J connectivity index is 2.59. The summed E-state index contributed by atoms with van der Waals surface area (Å²) in [6.45, 7) is 0. The van der Waals surface area contributed by atoms with Gasteiger partial charge in [-0.1, -0.05) is 30.3 Å². The predicted molar refractivity (Wildman–Crippen MR) is 49.7 cm³/mol. The molecule has 0 fully saturated rings. The van der Waals surface area contributed by atoms with Crippen LogP contribution in [0.5, 0.6) is 0 Å². The minimum Gasteiger partial charge on any atom is -0.479 e. The fourth-order valence-corrected chi connectivity index (χ4v) is 1.12. The Morgan fingerprint density at radius 1 is 1.21 bits per heavy atom. The first-order valence-corrected chi connectivity index (χ1v) is 4.25. The molecular formula is C10H12O4. The van der Waals surface area contributed by atoms with Gasteiger partial charge in [0.2, 0.25) is 0 Å². The molecule has 0 aliphatic carbocycles. The Morgan fingerprint density at radius 3 is 2.29 bits per heavy atom. The van der Waals surface area contributed by atoms with Crippen molar-refractivity contribution in [3.05, 3.63) is 35.9 Å². The first-order chi connectivity index (χ1) is 6.61. The van der Waals surface area contributed by atoms with Gasteiger partial charge >= 0.3 is 5.97 Å². The highest BCUT2D eigenvalue weighted by Crippen LogP contribution is 2.17. The summed E-state index contributed by atoms with van der Waals surface area (Å²) < 4.78 is 0. The molecule has 1 unspecified atom stereocenters. The van der Waals surface area contributed by atoms with Gasteiger partial charge in [0.15, 0.2) is 6.10 Å². The number of rotatable bonds is 4. The van der Waals surface area contributed by atoms with E-state index in [4.69, 9.17) is 10.2 Å². The SMILES string of the molecule is O=C(O)[C@H](O)CC(O)c1ccccc1. The van der Waals surface area contributed by atoms with Crippen LogP contribution in [0, 0.1) is 0 Å². The zero-order chi connectivity index (χ0) is 10.6. The van der Waals surface area contributed by atoms with Crippen LogP contribution in [-0.2, 0) is 4.79 Å². The standard InChI is InChI=1S/C10H12O4/c11-8(6-9(12)10(13)14)7-4-2-1-3-5-7/h1-5,8-9,11-12H,6H2,(H,13,14)/t8?,9-/m1/s1. The maximum absolute atomic E-state index is 10.3. The van der Waals surface area contributed by atoms with Crippen LogP contribution in [0.4, 0.5) is 0 Å². The van der Waals surface area contributed by atoms with E-state index in [0.717, 1.165) is 0 Å². The molecule has 4 nitrogen and oxygen atoms in total. The highest BCUT2D eigenvalue weighted by Gasteiger charge is 2.18. The number of aliphatic hydroxyl groups is 2. The topological polar surface area (TPSA) is 77.8 Å². The van der Waals surface area contributed by atoms with Gasteiger partial charge < -0.3 is 15.3 Å². The van der Waals surface area contributed by atoms with E-state index < -0.39 is 18.2 Å². The molecule has 1 aromatic carbocycles. The molecule has 4 heteroatoms. The highest BCUT2D eigenvalue weighted by molar-refractivity contribution is 5.71. The van der Waals surface area contributed by atoms with Gasteiger partial charge in [0, 0.05) is 6.42 Å². The summed E-state index contributed by atoms with van der Waals surface area (Å²) in [5, 5.41) is 26.9. The van der Waals surface area contributed by atoms with Crippen molar-refractivity contribution in [3.8, 4) is 0 Å². The van der Waals surface area contributed by atoms with Crippen molar-refractivity contribution in [3.63, 3.8) is 0 Å². The van der Waals surface area contributed by atoms with Crippen molar-refractivity contribution in [2.45, 2.75) is 18.6 Å². The molecule has 2 atom stereocenters. The first-order valence-electron chi connectivity index (χ1n) is 4.25. The fraction of sp³-hybridized carbons (Fsp3) is 0.300. The van der Waals surface area contributed by atoms with Gasteiger partial charge in [-0.25, -0.2) is 4.79 Å². The first kappa shape index (κ1) is 10.7. The van der Waals surface area contributed by atoms with Gasteiger partial charge in [0.25, 0.3) is 0 Å². The van der Waals surface area contributed by atoms with Crippen molar-refractivity contribution in [2.75, 3.05) is 0 Å². The highest BCUT2D eigenvalue weighted by atomic mass is 16.4. The lowest BCUT2D eigenvalue weighted by molar-refractivity contribution is -0.148.